The molecule has 16 heavy (non-hydrogen) atoms. The largest absolute Gasteiger partial charge is 0.378 e. The smallest absolute Gasteiger partial charge is 0.116 e. The number of nitriles is 1. The Labute approximate surface area is 95.3 Å². The van der Waals surface area contributed by atoms with Gasteiger partial charge in [0.2, 0.25) is 0 Å². The topological polar surface area (TPSA) is 57.9 Å². The van der Waals surface area contributed by atoms with Gasteiger partial charge in [0.1, 0.15) is 5.41 Å². The molecule has 4 nitrogen and oxygen atoms in total. The van der Waals surface area contributed by atoms with Gasteiger partial charge in [-0.2, -0.15) is 5.26 Å². The van der Waals surface area contributed by atoms with Gasteiger partial charge in [-0.3, -0.25) is 4.98 Å². The predicted molar refractivity (Wildman–Crippen MR) is 59.7 cm³/mol. The molecule has 1 aromatic rings. The highest BCUT2D eigenvalue weighted by Crippen LogP contribution is 2.24. The van der Waals surface area contributed by atoms with Crippen molar-refractivity contribution in [1.29, 1.82) is 5.26 Å². The first-order valence-electron chi connectivity index (χ1n) is 5.43. The molecule has 1 saturated heterocycles. The Morgan fingerprint density at radius 3 is 3.00 bits per heavy atom. The summed E-state index contributed by atoms with van der Waals surface area (Å²) in [7, 11) is 0. The lowest BCUT2D eigenvalue weighted by Crippen LogP contribution is -2.48. The molecule has 0 unspecified atom stereocenters. The summed E-state index contributed by atoms with van der Waals surface area (Å²) in [5, 5.41) is 12.3. The van der Waals surface area contributed by atoms with Crippen LogP contribution in [0.4, 0.5) is 0 Å². The fourth-order valence-corrected chi connectivity index (χ4v) is 1.66. The number of hydrogen-bond acceptors (Lipinski definition) is 4. The van der Waals surface area contributed by atoms with Crippen molar-refractivity contribution in [2.45, 2.75) is 6.42 Å². The van der Waals surface area contributed by atoms with Crippen molar-refractivity contribution in [3.63, 3.8) is 0 Å². The Bertz CT molecular complexity index is 368. The van der Waals surface area contributed by atoms with Crippen LogP contribution in [0.3, 0.4) is 0 Å². The van der Waals surface area contributed by atoms with Crippen molar-refractivity contribution < 1.29 is 4.74 Å². The molecule has 1 fully saturated rings. The SMILES string of the molecule is N#CC1(CNCCc2cccnc2)COC1. The molecule has 0 radical (unpaired) electrons. The third-order valence-electron chi connectivity index (χ3n) is 2.77. The molecule has 0 aliphatic carbocycles. The fourth-order valence-electron chi connectivity index (χ4n) is 1.66. The van der Waals surface area contributed by atoms with Crippen LogP contribution < -0.4 is 5.32 Å². The highest BCUT2D eigenvalue weighted by atomic mass is 16.5. The Morgan fingerprint density at radius 1 is 1.56 bits per heavy atom. The van der Waals surface area contributed by atoms with Crippen LogP contribution in [0.5, 0.6) is 0 Å². The minimum absolute atomic E-state index is 0.283. The molecule has 1 aromatic heterocycles. The van der Waals surface area contributed by atoms with Gasteiger partial charge in [0.25, 0.3) is 0 Å². The number of ether oxygens (including phenoxy) is 1. The second kappa shape index (κ2) is 5.06. The zero-order valence-electron chi connectivity index (χ0n) is 9.15. The van der Waals surface area contributed by atoms with Crippen LogP contribution in [0, 0.1) is 16.7 Å². The average Bonchev–Trinajstić information content (AvgIpc) is 2.29. The van der Waals surface area contributed by atoms with Crippen molar-refractivity contribution in [2.24, 2.45) is 5.41 Å². The van der Waals surface area contributed by atoms with Gasteiger partial charge < -0.3 is 10.1 Å². The zero-order chi connectivity index (χ0) is 11.3. The molecule has 1 aliphatic heterocycles. The number of hydrogen-bond donors (Lipinski definition) is 1. The van der Waals surface area contributed by atoms with Crippen LogP contribution in [0.25, 0.3) is 0 Å². The number of pyridine rings is 1. The first-order chi connectivity index (χ1) is 7.85. The van der Waals surface area contributed by atoms with Crippen molar-refractivity contribution in [2.75, 3.05) is 26.3 Å². The highest BCUT2D eigenvalue weighted by molar-refractivity contribution is 5.09. The predicted octanol–water partition coefficient (Wildman–Crippen LogP) is 0.754. The fraction of sp³-hybridized carbons (Fsp3) is 0.500. The van der Waals surface area contributed by atoms with Crippen LogP contribution in [0.2, 0.25) is 0 Å². The molecule has 0 bridgehead atoms. The van der Waals surface area contributed by atoms with Crippen molar-refractivity contribution in [1.82, 2.24) is 10.3 Å². The van der Waals surface area contributed by atoms with Gasteiger partial charge in [-0.05, 0) is 24.6 Å². The van der Waals surface area contributed by atoms with Gasteiger partial charge in [0, 0.05) is 18.9 Å². The summed E-state index contributed by atoms with van der Waals surface area (Å²) in [6.07, 6.45) is 4.58. The van der Waals surface area contributed by atoms with Gasteiger partial charge in [-0.1, -0.05) is 6.07 Å². The molecular formula is C12H15N3O. The van der Waals surface area contributed by atoms with Gasteiger partial charge in [0.15, 0.2) is 0 Å². The quantitative estimate of drug-likeness (QED) is 0.739. The van der Waals surface area contributed by atoms with E-state index in [1.807, 2.05) is 12.3 Å². The van der Waals surface area contributed by atoms with E-state index in [9.17, 15) is 0 Å². The highest BCUT2D eigenvalue weighted by Gasteiger charge is 2.38. The lowest BCUT2D eigenvalue weighted by atomic mass is 9.88. The maximum absolute atomic E-state index is 8.97. The summed E-state index contributed by atoms with van der Waals surface area (Å²) >= 11 is 0. The Balaban J connectivity index is 1.68. The van der Waals surface area contributed by atoms with E-state index in [0.717, 1.165) is 13.0 Å². The summed E-state index contributed by atoms with van der Waals surface area (Å²) in [6, 6.07) is 6.31. The molecule has 1 N–H and O–H groups in total. The van der Waals surface area contributed by atoms with Crippen molar-refractivity contribution >= 4 is 0 Å². The molecule has 0 spiro atoms. The normalized spacial score (nSPS) is 17.4. The number of nitrogens with zero attached hydrogens (tertiary/aromatic N) is 2. The maximum atomic E-state index is 8.97. The lowest BCUT2D eigenvalue weighted by Gasteiger charge is -2.35. The zero-order valence-corrected chi connectivity index (χ0v) is 9.15. The van der Waals surface area contributed by atoms with E-state index in [4.69, 9.17) is 10.00 Å². The molecule has 0 aromatic carbocycles. The van der Waals surface area contributed by atoms with Crippen LogP contribution in [0.1, 0.15) is 5.56 Å². The summed E-state index contributed by atoms with van der Waals surface area (Å²) in [6.45, 7) is 2.70. The molecular weight excluding hydrogens is 202 g/mol. The molecule has 2 rings (SSSR count). The van der Waals surface area contributed by atoms with Crippen LogP contribution in [0.15, 0.2) is 24.5 Å². The minimum Gasteiger partial charge on any atom is -0.378 e. The van der Waals surface area contributed by atoms with E-state index in [1.165, 1.54) is 5.56 Å². The van der Waals surface area contributed by atoms with E-state index >= 15 is 0 Å². The Morgan fingerprint density at radius 2 is 2.44 bits per heavy atom. The van der Waals surface area contributed by atoms with Crippen molar-refractivity contribution in [3.05, 3.63) is 30.1 Å². The second-order valence-electron chi connectivity index (χ2n) is 4.17. The second-order valence-corrected chi connectivity index (χ2v) is 4.17. The lowest BCUT2D eigenvalue weighted by molar-refractivity contribution is -0.0752. The van der Waals surface area contributed by atoms with Gasteiger partial charge in [-0.25, -0.2) is 0 Å². The maximum Gasteiger partial charge on any atom is 0.116 e. The Kier molecular flexibility index (Phi) is 3.50. The molecule has 2 heterocycles. The monoisotopic (exact) mass is 217 g/mol. The summed E-state index contributed by atoms with van der Waals surface area (Å²) in [5.74, 6) is 0. The van der Waals surface area contributed by atoms with Crippen molar-refractivity contribution in [3.8, 4) is 6.07 Å². The van der Waals surface area contributed by atoms with Gasteiger partial charge in [0.05, 0.1) is 19.3 Å². The standard InChI is InChI=1S/C12H15N3O/c13-7-12(9-16-10-12)8-15-5-3-11-2-1-4-14-6-11/h1-2,4,6,15H,3,5,8-10H2. The molecule has 4 heteroatoms. The third kappa shape index (κ3) is 2.57. The number of aromatic nitrogens is 1. The summed E-state index contributed by atoms with van der Waals surface area (Å²) < 4.78 is 5.07. The van der Waals surface area contributed by atoms with E-state index in [2.05, 4.69) is 22.4 Å². The number of nitrogens with one attached hydrogen (secondary N) is 1. The first-order valence-corrected chi connectivity index (χ1v) is 5.43. The van der Waals surface area contributed by atoms with Gasteiger partial charge >= 0.3 is 0 Å². The minimum atomic E-state index is -0.283. The van der Waals surface area contributed by atoms with Crippen LogP contribution in [-0.2, 0) is 11.2 Å². The van der Waals surface area contributed by atoms with E-state index < -0.39 is 0 Å². The van der Waals surface area contributed by atoms with E-state index in [0.29, 0.717) is 19.8 Å². The molecule has 1 aliphatic rings. The van der Waals surface area contributed by atoms with E-state index in [1.54, 1.807) is 6.20 Å². The van der Waals surface area contributed by atoms with Crippen LogP contribution >= 0.6 is 0 Å². The first kappa shape index (κ1) is 11.1. The molecule has 0 amide bonds. The summed E-state index contributed by atoms with van der Waals surface area (Å²) in [4.78, 5) is 4.06. The van der Waals surface area contributed by atoms with Gasteiger partial charge in [-0.15, -0.1) is 0 Å². The molecule has 0 atom stereocenters. The van der Waals surface area contributed by atoms with E-state index in [-0.39, 0.29) is 5.41 Å². The third-order valence-corrected chi connectivity index (χ3v) is 2.77. The summed E-state index contributed by atoms with van der Waals surface area (Å²) in [5.41, 5.74) is 0.931. The average molecular weight is 217 g/mol. The van der Waals surface area contributed by atoms with Crippen LogP contribution in [-0.4, -0.2) is 31.3 Å². The molecule has 84 valence electrons. The number of rotatable bonds is 5. The Hall–Kier alpha value is -1.44. The molecule has 0 saturated carbocycles.